The third-order valence-corrected chi connectivity index (χ3v) is 1.69. The second-order valence-electron chi connectivity index (χ2n) is 2.53. The van der Waals surface area contributed by atoms with Gasteiger partial charge in [-0.3, -0.25) is 0 Å². The van der Waals surface area contributed by atoms with Gasteiger partial charge in [0, 0.05) is 6.04 Å². The molecule has 11 heavy (non-hydrogen) atoms. The number of ether oxygens (including phenoxy) is 2. The van der Waals surface area contributed by atoms with E-state index in [2.05, 4.69) is 10.1 Å². The van der Waals surface area contributed by atoms with Gasteiger partial charge in [0.2, 0.25) is 0 Å². The number of nitrogens with one attached hydrogen (secondary N) is 1. The molecule has 1 atom stereocenters. The Labute approximate surface area is 65.9 Å². The van der Waals surface area contributed by atoms with Gasteiger partial charge >= 0.3 is 5.97 Å². The van der Waals surface area contributed by atoms with Crippen LogP contribution in [-0.4, -0.2) is 38.9 Å². The summed E-state index contributed by atoms with van der Waals surface area (Å²) in [5.41, 5.74) is 0. The Morgan fingerprint density at radius 1 is 1.73 bits per heavy atom. The topological polar surface area (TPSA) is 47.6 Å². The van der Waals surface area contributed by atoms with Crippen LogP contribution in [0.4, 0.5) is 0 Å². The lowest BCUT2D eigenvalue weighted by Gasteiger charge is -2.26. The highest BCUT2D eigenvalue weighted by molar-refractivity contribution is 5.70. The summed E-state index contributed by atoms with van der Waals surface area (Å²) in [5.74, 6) is -0.315. The zero-order chi connectivity index (χ0) is 8.10. The van der Waals surface area contributed by atoms with Crippen molar-refractivity contribution in [2.45, 2.75) is 12.5 Å². The van der Waals surface area contributed by atoms with Crippen molar-refractivity contribution in [3.8, 4) is 0 Å². The van der Waals surface area contributed by atoms with Crippen LogP contribution in [0.3, 0.4) is 0 Å². The molecule has 0 radical (unpaired) electrons. The average Bonchev–Trinajstić information content (AvgIpc) is 1.94. The van der Waals surface area contributed by atoms with E-state index in [1.54, 1.807) is 0 Å². The second kappa shape index (κ2) is 4.31. The first-order valence-corrected chi connectivity index (χ1v) is 3.71. The number of methoxy groups -OCH3 is 1. The van der Waals surface area contributed by atoms with Gasteiger partial charge in [-0.05, 0) is 13.0 Å². The molecule has 1 rings (SSSR count). The van der Waals surface area contributed by atoms with Crippen molar-refractivity contribution in [1.82, 2.24) is 5.32 Å². The predicted octanol–water partition coefficient (Wildman–Crippen LogP) is -0.462. The first-order chi connectivity index (χ1) is 5.33. The Bertz CT molecular complexity index is 134. The number of carbonyl (C=O) groups is 1. The predicted molar refractivity (Wildman–Crippen MR) is 39.2 cm³/mol. The molecule has 0 saturated carbocycles. The Hall–Kier alpha value is -0.610. The minimum Gasteiger partial charge on any atom is -0.467 e. The molecule has 4 nitrogen and oxygen atoms in total. The van der Waals surface area contributed by atoms with Crippen molar-refractivity contribution in [3.05, 3.63) is 0 Å². The molecular formula is C7H13NO3. The number of carbonyl (C=O) groups excluding carboxylic acids is 1. The molecule has 1 fully saturated rings. The van der Waals surface area contributed by atoms with Crippen molar-refractivity contribution < 1.29 is 14.3 Å². The molecule has 1 saturated heterocycles. The maximum atomic E-state index is 10.5. The van der Waals surface area contributed by atoms with Gasteiger partial charge in [-0.25, -0.2) is 4.79 Å². The van der Waals surface area contributed by atoms with Crippen LogP contribution < -0.4 is 5.32 Å². The third kappa shape index (κ3) is 2.86. The maximum absolute atomic E-state index is 10.5. The maximum Gasteiger partial charge on any atom is 0.331 e. The van der Waals surface area contributed by atoms with Crippen LogP contribution >= 0.6 is 0 Å². The Kier molecular flexibility index (Phi) is 3.32. The molecule has 0 aliphatic carbocycles. The molecule has 0 spiro atoms. The average molecular weight is 159 g/mol. The van der Waals surface area contributed by atoms with Crippen LogP contribution in [-0.2, 0) is 14.3 Å². The molecule has 0 aromatic rings. The zero-order valence-corrected chi connectivity index (χ0v) is 6.63. The molecule has 64 valence electrons. The zero-order valence-electron chi connectivity index (χ0n) is 6.63. The molecule has 1 heterocycles. The van der Waals surface area contributed by atoms with Crippen LogP contribution in [0.15, 0.2) is 0 Å². The first kappa shape index (κ1) is 8.49. The third-order valence-electron chi connectivity index (χ3n) is 1.69. The minimum atomic E-state index is -0.315. The molecule has 1 aliphatic heterocycles. The van der Waals surface area contributed by atoms with Gasteiger partial charge in [-0.2, -0.15) is 0 Å². The summed E-state index contributed by atoms with van der Waals surface area (Å²) in [6.45, 7) is 1.73. The Balaban J connectivity index is 1.90. The molecule has 0 aromatic carbocycles. The molecule has 0 bridgehead atoms. The summed E-state index contributed by atoms with van der Waals surface area (Å²) in [5, 5.41) is 3.16. The van der Waals surface area contributed by atoms with E-state index >= 15 is 0 Å². The van der Waals surface area contributed by atoms with Gasteiger partial charge in [-0.1, -0.05) is 0 Å². The molecule has 0 aromatic heterocycles. The molecular weight excluding hydrogens is 146 g/mol. The molecule has 1 N–H and O–H groups in total. The summed E-state index contributed by atoms with van der Waals surface area (Å²) < 4.78 is 9.45. The van der Waals surface area contributed by atoms with Crippen molar-refractivity contribution >= 4 is 5.97 Å². The van der Waals surface area contributed by atoms with Gasteiger partial charge in [0.15, 0.2) is 0 Å². The van der Waals surface area contributed by atoms with Crippen LogP contribution in [0, 0.1) is 0 Å². The fraction of sp³-hybridized carbons (Fsp3) is 0.857. The van der Waals surface area contributed by atoms with Crippen LogP contribution in [0.25, 0.3) is 0 Å². The quantitative estimate of drug-likeness (QED) is 0.564. The van der Waals surface area contributed by atoms with Crippen LogP contribution in [0.5, 0.6) is 0 Å². The van der Waals surface area contributed by atoms with E-state index in [1.807, 2.05) is 0 Å². The van der Waals surface area contributed by atoms with Gasteiger partial charge in [-0.15, -0.1) is 0 Å². The van der Waals surface area contributed by atoms with Gasteiger partial charge in [0.25, 0.3) is 0 Å². The van der Waals surface area contributed by atoms with Crippen LogP contribution in [0.1, 0.15) is 6.42 Å². The number of rotatable bonds is 4. The van der Waals surface area contributed by atoms with Crippen molar-refractivity contribution in [2.24, 2.45) is 0 Å². The van der Waals surface area contributed by atoms with E-state index in [1.165, 1.54) is 7.11 Å². The van der Waals surface area contributed by atoms with Crippen molar-refractivity contribution in [2.75, 3.05) is 26.9 Å². The highest BCUT2D eigenvalue weighted by Gasteiger charge is 2.16. The minimum absolute atomic E-state index is 0.0642. The normalized spacial score (nSPS) is 22.5. The number of hydrogen-bond donors (Lipinski definition) is 1. The lowest BCUT2D eigenvalue weighted by Crippen LogP contribution is -2.46. The van der Waals surface area contributed by atoms with Gasteiger partial charge < -0.3 is 14.8 Å². The standard InChI is InChI=1S/C7H13NO3/c1-10-7(9)5-11-4-6-2-3-8-6/h6,8H,2-5H2,1H3. The SMILES string of the molecule is COC(=O)COCC1CCN1. The number of hydrogen-bond acceptors (Lipinski definition) is 4. The Morgan fingerprint density at radius 2 is 2.45 bits per heavy atom. The largest absolute Gasteiger partial charge is 0.467 e. The van der Waals surface area contributed by atoms with E-state index in [0.717, 1.165) is 13.0 Å². The summed E-state index contributed by atoms with van der Waals surface area (Å²) in [6.07, 6.45) is 1.14. The summed E-state index contributed by atoms with van der Waals surface area (Å²) in [4.78, 5) is 10.5. The highest BCUT2D eigenvalue weighted by atomic mass is 16.6. The second-order valence-corrected chi connectivity index (χ2v) is 2.53. The van der Waals surface area contributed by atoms with E-state index in [-0.39, 0.29) is 12.6 Å². The summed E-state index contributed by atoms with van der Waals surface area (Å²) in [6, 6.07) is 0.444. The van der Waals surface area contributed by atoms with Gasteiger partial charge in [0.1, 0.15) is 6.61 Å². The van der Waals surface area contributed by atoms with Crippen molar-refractivity contribution in [1.29, 1.82) is 0 Å². The lowest BCUT2D eigenvalue weighted by molar-refractivity contribution is -0.146. The van der Waals surface area contributed by atoms with E-state index < -0.39 is 0 Å². The fourth-order valence-corrected chi connectivity index (χ4v) is 0.834. The van der Waals surface area contributed by atoms with Crippen molar-refractivity contribution in [3.63, 3.8) is 0 Å². The molecule has 1 aliphatic rings. The fourth-order valence-electron chi connectivity index (χ4n) is 0.834. The smallest absolute Gasteiger partial charge is 0.331 e. The van der Waals surface area contributed by atoms with Gasteiger partial charge in [0.05, 0.1) is 13.7 Å². The van der Waals surface area contributed by atoms with E-state index in [4.69, 9.17) is 4.74 Å². The summed E-state index contributed by atoms with van der Waals surface area (Å²) >= 11 is 0. The summed E-state index contributed by atoms with van der Waals surface area (Å²) in [7, 11) is 1.35. The Morgan fingerprint density at radius 3 is 2.91 bits per heavy atom. The lowest BCUT2D eigenvalue weighted by atomic mass is 10.1. The molecule has 0 amide bonds. The molecule has 4 heteroatoms. The van der Waals surface area contributed by atoms with E-state index in [0.29, 0.717) is 12.6 Å². The van der Waals surface area contributed by atoms with Crippen LogP contribution in [0.2, 0.25) is 0 Å². The first-order valence-electron chi connectivity index (χ1n) is 3.71. The number of esters is 1. The monoisotopic (exact) mass is 159 g/mol. The molecule has 1 unspecified atom stereocenters. The highest BCUT2D eigenvalue weighted by Crippen LogP contribution is 2.01. The van der Waals surface area contributed by atoms with E-state index in [9.17, 15) is 4.79 Å².